The maximum atomic E-state index is 8.32. The van der Waals surface area contributed by atoms with Crippen molar-refractivity contribution in [1.29, 1.82) is 0 Å². The molecule has 0 saturated carbocycles. The molecule has 0 aliphatic rings. The third kappa shape index (κ3) is 1.64. The smallest absolute Gasteiger partial charge is 0.0733 e. The summed E-state index contributed by atoms with van der Waals surface area (Å²) in [7, 11) is 0. The first kappa shape index (κ1) is 8.50. The molecule has 0 unspecified atom stereocenters. The summed E-state index contributed by atoms with van der Waals surface area (Å²) in [4.78, 5) is 0. The fourth-order valence-electron chi connectivity index (χ4n) is 1.20. The van der Waals surface area contributed by atoms with Crippen molar-refractivity contribution in [2.24, 2.45) is 5.16 Å². The zero-order valence-corrected chi connectivity index (χ0v) is 7.41. The summed E-state index contributed by atoms with van der Waals surface area (Å²) < 4.78 is 1.76. The molecule has 0 spiro atoms. The lowest BCUT2D eigenvalue weighted by molar-refractivity contribution is 0.322. The maximum absolute atomic E-state index is 8.32. The van der Waals surface area contributed by atoms with Crippen molar-refractivity contribution < 1.29 is 5.21 Å². The molecular formula is C10H9N3O. The van der Waals surface area contributed by atoms with Crippen LogP contribution < -0.4 is 0 Å². The van der Waals surface area contributed by atoms with E-state index in [4.69, 9.17) is 5.21 Å². The molecule has 0 atom stereocenters. The molecule has 1 heterocycles. The number of hydrogen-bond acceptors (Lipinski definition) is 3. The number of hydrogen-bond donors (Lipinski definition) is 1. The van der Waals surface area contributed by atoms with Gasteiger partial charge in [0.25, 0.3) is 0 Å². The highest BCUT2D eigenvalue weighted by Crippen LogP contribution is 2.06. The van der Waals surface area contributed by atoms with Gasteiger partial charge in [-0.2, -0.15) is 5.10 Å². The minimum Gasteiger partial charge on any atom is -0.411 e. The maximum Gasteiger partial charge on any atom is 0.0733 e. The van der Waals surface area contributed by atoms with E-state index in [9.17, 15) is 0 Å². The van der Waals surface area contributed by atoms with Crippen LogP contribution in [0.3, 0.4) is 0 Å². The molecule has 2 rings (SSSR count). The van der Waals surface area contributed by atoms with Gasteiger partial charge in [0.1, 0.15) is 0 Å². The SMILES string of the molecule is O/N=C\c1ccc(-n2cccn2)cc1. The van der Waals surface area contributed by atoms with Crippen LogP contribution in [-0.4, -0.2) is 21.2 Å². The van der Waals surface area contributed by atoms with Crippen molar-refractivity contribution in [3.05, 3.63) is 48.3 Å². The average Bonchev–Trinajstić information content (AvgIpc) is 2.72. The van der Waals surface area contributed by atoms with Gasteiger partial charge in [0, 0.05) is 12.4 Å². The van der Waals surface area contributed by atoms with E-state index in [2.05, 4.69) is 10.3 Å². The van der Waals surface area contributed by atoms with Gasteiger partial charge in [0.15, 0.2) is 0 Å². The van der Waals surface area contributed by atoms with Crippen molar-refractivity contribution in [2.45, 2.75) is 0 Å². The lowest BCUT2D eigenvalue weighted by Gasteiger charge is -2.00. The van der Waals surface area contributed by atoms with Crippen LogP contribution in [0, 0.1) is 0 Å². The minimum absolute atomic E-state index is 0.850. The van der Waals surface area contributed by atoms with E-state index in [0.717, 1.165) is 11.3 Å². The van der Waals surface area contributed by atoms with Crippen LogP contribution in [0.15, 0.2) is 47.9 Å². The first-order chi connectivity index (χ1) is 6.90. The quantitative estimate of drug-likeness (QED) is 0.441. The van der Waals surface area contributed by atoms with Crippen LogP contribution in [0.1, 0.15) is 5.56 Å². The minimum atomic E-state index is 0.850. The third-order valence-electron chi connectivity index (χ3n) is 1.87. The molecule has 4 nitrogen and oxygen atoms in total. The molecule has 0 amide bonds. The monoisotopic (exact) mass is 187 g/mol. The molecule has 0 aliphatic carbocycles. The van der Waals surface area contributed by atoms with Gasteiger partial charge < -0.3 is 5.21 Å². The van der Waals surface area contributed by atoms with Gasteiger partial charge >= 0.3 is 0 Å². The summed E-state index contributed by atoms with van der Waals surface area (Å²) in [6, 6.07) is 9.39. The molecule has 0 bridgehead atoms. The molecule has 0 fully saturated rings. The molecule has 1 aromatic heterocycles. The second-order valence-electron chi connectivity index (χ2n) is 2.79. The second-order valence-corrected chi connectivity index (χ2v) is 2.79. The average molecular weight is 187 g/mol. The summed E-state index contributed by atoms with van der Waals surface area (Å²) in [5.41, 5.74) is 1.83. The Morgan fingerprint density at radius 1 is 1.29 bits per heavy atom. The lowest BCUT2D eigenvalue weighted by Crippen LogP contribution is -1.93. The van der Waals surface area contributed by atoms with Gasteiger partial charge in [-0.15, -0.1) is 0 Å². The molecule has 2 aromatic rings. The topological polar surface area (TPSA) is 50.4 Å². The predicted molar refractivity (Wildman–Crippen MR) is 52.9 cm³/mol. The van der Waals surface area contributed by atoms with Gasteiger partial charge in [0.05, 0.1) is 11.9 Å². The van der Waals surface area contributed by atoms with Crippen LogP contribution in [-0.2, 0) is 0 Å². The van der Waals surface area contributed by atoms with Crippen molar-refractivity contribution in [3.8, 4) is 5.69 Å². The Hall–Kier alpha value is -2.10. The van der Waals surface area contributed by atoms with Crippen LogP contribution >= 0.6 is 0 Å². The molecule has 0 saturated heterocycles. The summed E-state index contributed by atoms with van der Waals surface area (Å²) in [6.45, 7) is 0. The van der Waals surface area contributed by atoms with E-state index in [-0.39, 0.29) is 0 Å². The van der Waals surface area contributed by atoms with Gasteiger partial charge in [-0.1, -0.05) is 17.3 Å². The zero-order chi connectivity index (χ0) is 9.80. The highest BCUT2D eigenvalue weighted by atomic mass is 16.4. The number of aromatic nitrogens is 2. The molecule has 0 radical (unpaired) electrons. The van der Waals surface area contributed by atoms with Crippen LogP contribution in [0.4, 0.5) is 0 Å². The van der Waals surface area contributed by atoms with Crippen LogP contribution in [0.25, 0.3) is 5.69 Å². The Morgan fingerprint density at radius 3 is 2.64 bits per heavy atom. The number of nitrogens with zero attached hydrogens (tertiary/aromatic N) is 3. The fraction of sp³-hybridized carbons (Fsp3) is 0. The number of benzene rings is 1. The first-order valence-electron chi connectivity index (χ1n) is 4.17. The largest absolute Gasteiger partial charge is 0.411 e. The van der Waals surface area contributed by atoms with Gasteiger partial charge in [0.2, 0.25) is 0 Å². The molecular weight excluding hydrogens is 178 g/mol. The van der Waals surface area contributed by atoms with Crippen molar-refractivity contribution >= 4 is 6.21 Å². The molecule has 4 heteroatoms. The van der Waals surface area contributed by atoms with E-state index in [1.165, 1.54) is 6.21 Å². The van der Waals surface area contributed by atoms with E-state index < -0.39 is 0 Å². The fourth-order valence-corrected chi connectivity index (χ4v) is 1.20. The van der Waals surface area contributed by atoms with Crippen molar-refractivity contribution in [3.63, 3.8) is 0 Å². The Kier molecular flexibility index (Phi) is 2.27. The van der Waals surface area contributed by atoms with E-state index in [0.29, 0.717) is 0 Å². The predicted octanol–water partition coefficient (Wildman–Crippen LogP) is 1.68. The molecule has 0 aliphatic heterocycles. The first-order valence-corrected chi connectivity index (χ1v) is 4.17. The van der Waals surface area contributed by atoms with Crippen molar-refractivity contribution in [2.75, 3.05) is 0 Å². The Bertz CT molecular complexity index is 417. The number of rotatable bonds is 2. The molecule has 70 valence electrons. The highest BCUT2D eigenvalue weighted by molar-refractivity contribution is 5.79. The van der Waals surface area contributed by atoms with Gasteiger partial charge in [-0.3, -0.25) is 0 Å². The standard InChI is InChI=1S/C10H9N3O/c14-12-8-9-2-4-10(5-3-9)13-7-1-6-11-13/h1-8,14H/b12-8-. The Balaban J connectivity index is 2.31. The summed E-state index contributed by atoms with van der Waals surface area (Å²) in [6.07, 6.45) is 4.98. The lowest BCUT2D eigenvalue weighted by atomic mass is 10.2. The Labute approximate surface area is 81.1 Å². The molecule has 1 aromatic carbocycles. The van der Waals surface area contributed by atoms with E-state index in [1.54, 1.807) is 10.9 Å². The summed E-state index contributed by atoms with van der Waals surface area (Å²) >= 11 is 0. The zero-order valence-electron chi connectivity index (χ0n) is 7.41. The van der Waals surface area contributed by atoms with Crippen LogP contribution in [0.2, 0.25) is 0 Å². The van der Waals surface area contributed by atoms with Crippen molar-refractivity contribution in [1.82, 2.24) is 9.78 Å². The van der Waals surface area contributed by atoms with Gasteiger partial charge in [-0.25, -0.2) is 4.68 Å². The Morgan fingerprint density at radius 2 is 2.07 bits per heavy atom. The third-order valence-corrected chi connectivity index (χ3v) is 1.87. The molecule has 14 heavy (non-hydrogen) atoms. The van der Waals surface area contributed by atoms with E-state index in [1.807, 2.05) is 36.5 Å². The summed E-state index contributed by atoms with van der Waals surface area (Å²) in [5, 5.41) is 15.4. The van der Waals surface area contributed by atoms with Crippen LogP contribution in [0.5, 0.6) is 0 Å². The number of oxime groups is 1. The highest BCUT2D eigenvalue weighted by Gasteiger charge is 1.94. The second kappa shape index (κ2) is 3.74. The van der Waals surface area contributed by atoms with E-state index >= 15 is 0 Å². The van der Waals surface area contributed by atoms with Gasteiger partial charge in [-0.05, 0) is 23.8 Å². The molecule has 1 N–H and O–H groups in total. The summed E-state index contributed by atoms with van der Waals surface area (Å²) in [5.74, 6) is 0. The normalized spacial score (nSPS) is 10.9.